The van der Waals surface area contributed by atoms with Gasteiger partial charge in [0, 0.05) is 26.2 Å². The number of halogens is 1. The van der Waals surface area contributed by atoms with Gasteiger partial charge in [-0.2, -0.15) is 0 Å². The quantitative estimate of drug-likeness (QED) is 0.817. The largest absolute Gasteiger partial charge is 0.333 e. The van der Waals surface area contributed by atoms with Gasteiger partial charge in [0.1, 0.15) is 5.82 Å². The van der Waals surface area contributed by atoms with Gasteiger partial charge in [-0.15, -0.1) is 0 Å². The van der Waals surface area contributed by atoms with E-state index >= 15 is 0 Å². The lowest BCUT2D eigenvalue weighted by Crippen LogP contribution is -2.56. The summed E-state index contributed by atoms with van der Waals surface area (Å²) in [5.41, 5.74) is 6.33. The summed E-state index contributed by atoms with van der Waals surface area (Å²) in [6.07, 6.45) is 0. The molecule has 2 N–H and O–H groups in total. The highest BCUT2D eigenvalue weighted by Gasteiger charge is 2.35. The first kappa shape index (κ1) is 14.5. The highest BCUT2D eigenvalue weighted by atomic mass is 19.1. The zero-order valence-corrected chi connectivity index (χ0v) is 11.4. The lowest BCUT2D eigenvalue weighted by molar-refractivity contribution is -0.157. The Balaban J connectivity index is 2.24. The van der Waals surface area contributed by atoms with Gasteiger partial charge in [0.25, 0.3) is 0 Å². The van der Waals surface area contributed by atoms with Crippen molar-refractivity contribution in [2.24, 2.45) is 5.73 Å². The SMILES string of the molecule is CCN1CCN(C(CN)c2cccc(F)c2)C(=O)C1=O. The minimum absolute atomic E-state index is 0.147. The summed E-state index contributed by atoms with van der Waals surface area (Å²) < 4.78 is 13.3. The Hall–Kier alpha value is -1.95. The molecule has 1 aliphatic rings. The smallest absolute Gasteiger partial charge is 0.312 e. The lowest BCUT2D eigenvalue weighted by Gasteiger charge is -2.37. The van der Waals surface area contributed by atoms with E-state index in [9.17, 15) is 14.0 Å². The minimum atomic E-state index is -0.571. The fourth-order valence-corrected chi connectivity index (χ4v) is 2.45. The third-order valence-corrected chi connectivity index (χ3v) is 3.56. The van der Waals surface area contributed by atoms with E-state index in [-0.39, 0.29) is 12.4 Å². The highest BCUT2D eigenvalue weighted by molar-refractivity contribution is 6.35. The third kappa shape index (κ3) is 2.65. The van der Waals surface area contributed by atoms with Crippen LogP contribution in [0.1, 0.15) is 18.5 Å². The van der Waals surface area contributed by atoms with Crippen molar-refractivity contribution in [1.29, 1.82) is 0 Å². The third-order valence-electron chi connectivity index (χ3n) is 3.56. The molecule has 108 valence electrons. The number of carbonyl (C=O) groups is 2. The average Bonchev–Trinajstić information content (AvgIpc) is 2.44. The van der Waals surface area contributed by atoms with Crippen LogP contribution in [0.5, 0.6) is 0 Å². The van der Waals surface area contributed by atoms with E-state index in [4.69, 9.17) is 5.73 Å². The van der Waals surface area contributed by atoms with Crippen molar-refractivity contribution in [3.05, 3.63) is 35.6 Å². The molecule has 6 heteroatoms. The zero-order chi connectivity index (χ0) is 14.7. The van der Waals surface area contributed by atoms with Crippen LogP contribution < -0.4 is 5.73 Å². The summed E-state index contributed by atoms with van der Waals surface area (Å²) in [6, 6.07) is 5.49. The first-order chi connectivity index (χ1) is 9.58. The summed E-state index contributed by atoms with van der Waals surface area (Å²) in [6.45, 7) is 3.37. The molecular formula is C14H18FN3O2. The molecular weight excluding hydrogens is 261 g/mol. The second-order valence-electron chi connectivity index (χ2n) is 4.69. The van der Waals surface area contributed by atoms with Gasteiger partial charge >= 0.3 is 11.8 Å². The van der Waals surface area contributed by atoms with Crippen molar-refractivity contribution in [2.75, 3.05) is 26.2 Å². The van der Waals surface area contributed by atoms with Gasteiger partial charge in [0.05, 0.1) is 6.04 Å². The number of amides is 2. The number of carbonyl (C=O) groups excluding carboxylic acids is 2. The number of hydrogen-bond donors (Lipinski definition) is 1. The van der Waals surface area contributed by atoms with Crippen LogP contribution >= 0.6 is 0 Å². The van der Waals surface area contributed by atoms with E-state index < -0.39 is 17.9 Å². The Kier molecular flexibility index (Phi) is 4.34. The van der Waals surface area contributed by atoms with Crippen molar-refractivity contribution in [1.82, 2.24) is 9.80 Å². The van der Waals surface area contributed by atoms with Gasteiger partial charge in [-0.25, -0.2) is 4.39 Å². The maximum absolute atomic E-state index is 13.3. The van der Waals surface area contributed by atoms with Crippen molar-refractivity contribution >= 4 is 11.8 Å². The van der Waals surface area contributed by atoms with Crippen molar-refractivity contribution < 1.29 is 14.0 Å². The maximum Gasteiger partial charge on any atom is 0.312 e. The Morgan fingerprint density at radius 3 is 2.65 bits per heavy atom. The molecule has 1 fully saturated rings. The molecule has 0 bridgehead atoms. The van der Waals surface area contributed by atoms with Gasteiger partial charge in [-0.05, 0) is 24.6 Å². The number of piperazine rings is 1. The average molecular weight is 279 g/mol. The van der Waals surface area contributed by atoms with E-state index in [1.165, 1.54) is 21.9 Å². The second kappa shape index (κ2) is 6.00. The fraction of sp³-hybridized carbons (Fsp3) is 0.429. The second-order valence-corrected chi connectivity index (χ2v) is 4.69. The van der Waals surface area contributed by atoms with E-state index in [0.29, 0.717) is 25.2 Å². The predicted molar refractivity (Wildman–Crippen MR) is 72.2 cm³/mol. The van der Waals surface area contributed by atoms with E-state index in [1.54, 1.807) is 12.1 Å². The molecule has 0 spiro atoms. The van der Waals surface area contributed by atoms with Gasteiger partial charge in [0.15, 0.2) is 0 Å². The summed E-state index contributed by atoms with van der Waals surface area (Å²) in [5.74, 6) is -1.47. The summed E-state index contributed by atoms with van der Waals surface area (Å²) in [4.78, 5) is 27.0. The summed E-state index contributed by atoms with van der Waals surface area (Å²) in [5, 5.41) is 0. The molecule has 2 rings (SSSR count). The molecule has 0 saturated carbocycles. The van der Waals surface area contributed by atoms with Crippen LogP contribution in [0.4, 0.5) is 4.39 Å². The van der Waals surface area contributed by atoms with Crippen LogP contribution in [0.3, 0.4) is 0 Å². The molecule has 1 heterocycles. The molecule has 1 aliphatic heterocycles. The number of likely N-dealkylation sites (N-methyl/N-ethyl adjacent to an activating group) is 1. The molecule has 1 saturated heterocycles. The van der Waals surface area contributed by atoms with Crippen molar-refractivity contribution in [3.63, 3.8) is 0 Å². The lowest BCUT2D eigenvalue weighted by atomic mass is 10.0. The number of benzene rings is 1. The van der Waals surface area contributed by atoms with Crippen LogP contribution in [0.15, 0.2) is 24.3 Å². The molecule has 20 heavy (non-hydrogen) atoms. The molecule has 1 aromatic rings. The van der Waals surface area contributed by atoms with E-state index in [2.05, 4.69) is 0 Å². The van der Waals surface area contributed by atoms with Crippen LogP contribution in [0, 0.1) is 5.82 Å². The Morgan fingerprint density at radius 1 is 1.30 bits per heavy atom. The molecule has 1 unspecified atom stereocenters. The minimum Gasteiger partial charge on any atom is -0.333 e. The Bertz CT molecular complexity index is 521. The molecule has 2 amide bonds. The first-order valence-corrected chi connectivity index (χ1v) is 6.63. The fourth-order valence-electron chi connectivity index (χ4n) is 2.45. The molecule has 0 aromatic heterocycles. The van der Waals surface area contributed by atoms with Gasteiger partial charge in [-0.1, -0.05) is 12.1 Å². The van der Waals surface area contributed by atoms with Gasteiger partial charge < -0.3 is 15.5 Å². The first-order valence-electron chi connectivity index (χ1n) is 6.63. The van der Waals surface area contributed by atoms with Crippen LogP contribution in [-0.2, 0) is 9.59 Å². The molecule has 1 atom stereocenters. The van der Waals surface area contributed by atoms with Crippen LogP contribution in [0.2, 0.25) is 0 Å². The monoisotopic (exact) mass is 279 g/mol. The normalized spacial score (nSPS) is 17.6. The van der Waals surface area contributed by atoms with E-state index in [0.717, 1.165) is 0 Å². The predicted octanol–water partition coefficient (Wildman–Crippen LogP) is 0.516. The topological polar surface area (TPSA) is 66.6 Å². The molecule has 0 radical (unpaired) electrons. The van der Waals surface area contributed by atoms with Crippen molar-refractivity contribution in [2.45, 2.75) is 13.0 Å². The zero-order valence-electron chi connectivity index (χ0n) is 11.4. The summed E-state index contributed by atoms with van der Waals surface area (Å²) in [7, 11) is 0. The van der Waals surface area contributed by atoms with Crippen LogP contribution in [0.25, 0.3) is 0 Å². The molecule has 0 aliphatic carbocycles. The standard InChI is InChI=1S/C14H18FN3O2/c1-2-17-6-7-18(14(20)13(17)19)12(9-16)10-4-3-5-11(15)8-10/h3-5,8,12H,2,6-7,9,16H2,1H3. The molecule has 5 nitrogen and oxygen atoms in total. The number of nitrogens with two attached hydrogens (primary N) is 1. The van der Waals surface area contributed by atoms with Gasteiger partial charge in [0.2, 0.25) is 0 Å². The van der Waals surface area contributed by atoms with E-state index in [1.807, 2.05) is 6.92 Å². The van der Waals surface area contributed by atoms with Gasteiger partial charge in [-0.3, -0.25) is 9.59 Å². The van der Waals surface area contributed by atoms with Crippen LogP contribution in [-0.4, -0.2) is 47.8 Å². The molecule has 1 aromatic carbocycles. The summed E-state index contributed by atoms with van der Waals surface area (Å²) >= 11 is 0. The highest BCUT2D eigenvalue weighted by Crippen LogP contribution is 2.23. The number of hydrogen-bond acceptors (Lipinski definition) is 3. The van der Waals surface area contributed by atoms with Crippen molar-refractivity contribution in [3.8, 4) is 0 Å². The number of nitrogens with zero attached hydrogens (tertiary/aromatic N) is 2. The maximum atomic E-state index is 13.3. The Labute approximate surface area is 117 Å². The number of rotatable bonds is 4. The Morgan fingerprint density at radius 2 is 2.05 bits per heavy atom.